The van der Waals surface area contributed by atoms with E-state index < -0.39 is 5.97 Å². The van der Waals surface area contributed by atoms with Crippen molar-refractivity contribution >= 4 is 27.4 Å². The Hall–Kier alpha value is -1.62. The van der Waals surface area contributed by atoms with Crippen LogP contribution < -0.4 is 5.56 Å². The van der Waals surface area contributed by atoms with Crippen molar-refractivity contribution in [3.8, 4) is 0 Å². The van der Waals surface area contributed by atoms with Crippen LogP contribution in [0.15, 0.2) is 23.1 Å². The molecule has 0 saturated carbocycles. The van der Waals surface area contributed by atoms with Crippen LogP contribution in [0.5, 0.6) is 0 Å². The lowest BCUT2D eigenvalue weighted by atomic mass is 10.3. The number of carboxylic acid groups (broad SMARTS) is 1. The normalized spacial score (nSPS) is 10.5. The summed E-state index contributed by atoms with van der Waals surface area (Å²) in [5.41, 5.74) is -0.249. The van der Waals surface area contributed by atoms with Crippen LogP contribution >= 0.6 is 11.3 Å². The minimum atomic E-state index is -0.999. The fourth-order valence-corrected chi connectivity index (χ4v) is 1.98. The van der Waals surface area contributed by atoms with Crippen molar-refractivity contribution in [1.82, 2.24) is 4.98 Å². The summed E-state index contributed by atoms with van der Waals surface area (Å²) in [5.74, 6) is -0.999. The molecule has 0 atom stereocenters. The van der Waals surface area contributed by atoms with Gasteiger partial charge in [0.2, 0.25) is 0 Å². The maximum absolute atomic E-state index is 11.2. The van der Waals surface area contributed by atoms with Crippen molar-refractivity contribution in [2.24, 2.45) is 0 Å². The topological polar surface area (TPSA) is 70.2 Å². The van der Waals surface area contributed by atoms with Gasteiger partial charge in [-0.05, 0) is 12.1 Å². The van der Waals surface area contributed by atoms with E-state index in [9.17, 15) is 9.59 Å². The Kier molecular flexibility index (Phi) is 1.66. The monoisotopic (exact) mass is 195 g/mol. The Morgan fingerprint density at radius 3 is 2.92 bits per heavy atom. The van der Waals surface area contributed by atoms with E-state index in [1.165, 1.54) is 12.3 Å². The summed E-state index contributed by atoms with van der Waals surface area (Å²) in [6.07, 6.45) is 1.51. The number of nitrogens with one attached hydrogen (secondary N) is 1. The Morgan fingerprint density at radius 2 is 2.31 bits per heavy atom. The molecule has 0 bridgehead atoms. The number of aromatic amines is 1. The quantitative estimate of drug-likeness (QED) is 0.720. The molecule has 0 amide bonds. The Labute approximate surface area is 76.5 Å². The predicted molar refractivity (Wildman–Crippen MR) is 49.4 cm³/mol. The molecule has 0 aliphatic carbocycles. The van der Waals surface area contributed by atoms with Crippen molar-refractivity contribution < 1.29 is 9.90 Å². The molecule has 2 heterocycles. The molecular weight excluding hydrogens is 190 g/mol. The van der Waals surface area contributed by atoms with Crippen molar-refractivity contribution in [2.45, 2.75) is 0 Å². The molecule has 66 valence electrons. The van der Waals surface area contributed by atoms with Crippen molar-refractivity contribution in [3.05, 3.63) is 33.6 Å². The van der Waals surface area contributed by atoms with Gasteiger partial charge in [0.25, 0.3) is 5.56 Å². The van der Waals surface area contributed by atoms with Crippen LogP contribution in [0, 0.1) is 0 Å². The highest BCUT2D eigenvalue weighted by Gasteiger charge is 2.09. The Balaban J connectivity index is 2.83. The van der Waals surface area contributed by atoms with Gasteiger partial charge in [0.05, 0.1) is 5.39 Å². The van der Waals surface area contributed by atoms with E-state index in [0.29, 0.717) is 10.1 Å². The zero-order valence-corrected chi connectivity index (χ0v) is 7.22. The molecule has 5 heteroatoms. The number of pyridine rings is 1. The van der Waals surface area contributed by atoms with Gasteiger partial charge in [-0.25, -0.2) is 4.79 Å². The van der Waals surface area contributed by atoms with Gasteiger partial charge in [-0.15, -0.1) is 11.3 Å². The molecule has 2 aromatic rings. The number of aromatic nitrogens is 1. The maximum Gasteiger partial charge on any atom is 0.345 e. The number of H-pyrrole nitrogens is 1. The summed E-state index contributed by atoms with van der Waals surface area (Å²) in [6, 6.07) is 3.08. The molecule has 0 aliphatic heterocycles. The number of hydrogen-bond donors (Lipinski definition) is 2. The van der Waals surface area contributed by atoms with E-state index >= 15 is 0 Å². The summed E-state index contributed by atoms with van der Waals surface area (Å²) in [4.78, 5) is 24.4. The average molecular weight is 195 g/mol. The van der Waals surface area contributed by atoms with Crippen LogP contribution in [0.2, 0.25) is 0 Å². The van der Waals surface area contributed by atoms with Crippen molar-refractivity contribution in [3.63, 3.8) is 0 Å². The average Bonchev–Trinajstić information content (AvgIpc) is 2.49. The number of carbonyl (C=O) groups is 1. The van der Waals surface area contributed by atoms with Crippen LogP contribution in [0.25, 0.3) is 10.1 Å². The zero-order chi connectivity index (χ0) is 9.42. The van der Waals surface area contributed by atoms with Gasteiger partial charge < -0.3 is 10.1 Å². The minimum absolute atomic E-state index is 0.187. The first-order valence-electron chi connectivity index (χ1n) is 3.53. The summed E-state index contributed by atoms with van der Waals surface area (Å²) < 4.78 is 0.696. The van der Waals surface area contributed by atoms with Gasteiger partial charge in [0.1, 0.15) is 4.88 Å². The molecule has 0 aliphatic rings. The van der Waals surface area contributed by atoms with E-state index in [4.69, 9.17) is 5.11 Å². The third kappa shape index (κ3) is 1.23. The second-order valence-corrected chi connectivity index (χ2v) is 3.58. The summed E-state index contributed by atoms with van der Waals surface area (Å²) in [5, 5.41) is 9.11. The van der Waals surface area contributed by atoms with Gasteiger partial charge >= 0.3 is 5.97 Å². The molecular formula is C8H5NO3S. The standard InChI is InChI=1S/C8H5NO3S/c10-7-4-3-6(8(11)12)13-5(4)1-2-9-7/h1-3H,(H,9,10)(H,11,12). The summed E-state index contributed by atoms with van der Waals surface area (Å²) in [7, 11) is 0. The molecule has 0 aromatic carbocycles. The third-order valence-corrected chi connectivity index (χ3v) is 2.75. The number of thiophene rings is 1. The number of rotatable bonds is 1. The van der Waals surface area contributed by atoms with Gasteiger partial charge in [-0.3, -0.25) is 4.79 Å². The molecule has 13 heavy (non-hydrogen) atoms. The molecule has 0 saturated heterocycles. The van der Waals surface area contributed by atoms with E-state index in [1.54, 1.807) is 6.07 Å². The molecule has 2 rings (SSSR count). The summed E-state index contributed by atoms with van der Waals surface area (Å²) >= 11 is 1.10. The third-order valence-electron chi connectivity index (χ3n) is 1.67. The number of carboxylic acids is 1. The Morgan fingerprint density at radius 1 is 1.54 bits per heavy atom. The fraction of sp³-hybridized carbons (Fsp3) is 0. The molecule has 0 spiro atoms. The van der Waals surface area contributed by atoms with Crippen LogP contribution in [0.4, 0.5) is 0 Å². The lowest BCUT2D eigenvalue weighted by Crippen LogP contribution is -2.02. The number of aromatic carboxylic acids is 1. The lowest BCUT2D eigenvalue weighted by Gasteiger charge is -1.83. The molecule has 0 fully saturated rings. The minimum Gasteiger partial charge on any atom is -0.477 e. The van der Waals surface area contributed by atoms with E-state index in [-0.39, 0.29) is 10.4 Å². The van der Waals surface area contributed by atoms with Crippen LogP contribution in [-0.4, -0.2) is 16.1 Å². The fourth-order valence-electron chi connectivity index (χ4n) is 1.08. The maximum atomic E-state index is 11.2. The highest BCUT2D eigenvalue weighted by Crippen LogP contribution is 2.21. The smallest absolute Gasteiger partial charge is 0.345 e. The molecule has 0 radical (unpaired) electrons. The van der Waals surface area contributed by atoms with Gasteiger partial charge in [-0.2, -0.15) is 0 Å². The van der Waals surface area contributed by atoms with Crippen molar-refractivity contribution in [1.29, 1.82) is 0 Å². The lowest BCUT2D eigenvalue weighted by molar-refractivity contribution is 0.0702. The second-order valence-electron chi connectivity index (χ2n) is 2.50. The molecule has 0 unspecified atom stereocenters. The van der Waals surface area contributed by atoms with Crippen LogP contribution in [0.1, 0.15) is 9.67 Å². The predicted octanol–water partition coefficient (Wildman–Crippen LogP) is 1.29. The first kappa shape index (κ1) is 8.00. The van der Waals surface area contributed by atoms with Crippen LogP contribution in [0.3, 0.4) is 0 Å². The highest BCUT2D eigenvalue weighted by molar-refractivity contribution is 7.20. The van der Waals surface area contributed by atoms with E-state index in [2.05, 4.69) is 4.98 Å². The van der Waals surface area contributed by atoms with Crippen LogP contribution in [-0.2, 0) is 0 Å². The number of hydrogen-bond acceptors (Lipinski definition) is 3. The SMILES string of the molecule is O=C(O)c1cc2c(=O)[nH]ccc2s1. The number of fused-ring (bicyclic) bond motifs is 1. The zero-order valence-electron chi connectivity index (χ0n) is 6.40. The van der Waals surface area contributed by atoms with Gasteiger partial charge in [0, 0.05) is 10.9 Å². The molecule has 4 nitrogen and oxygen atoms in total. The summed E-state index contributed by atoms with van der Waals surface area (Å²) in [6.45, 7) is 0. The second kappa shape index (κ2) is 2.70. The van der Waals surface area contributed by atoms with E-state index in [1.807, 2.05) is 0 Å². The van der Waals surface area contributed by atoms with Crippen molar-refractivity contribution in [2.75, 3.05) is 0 Å². The highest BCUT2D eigenvalue weighted by atomic mass is 32.1. The first-order valence-corrected chi connectivity index (χ1v) is 4.34. The van der Waals surface area contributed by atoms with Gasteiger partial charge in [-0.1, -0.05) is 0 Å². The van der Waals surface area contributed by atoms with E-state index in [0.717, 1.165) is 11.3 Å². The van der Waals surface area contributed by atoms with Gasteiger partial charge in [0.15, 0.2) is 0 Å². The Bertz CT molecular complexity index is 525. The molecule has 2 N–H and O–H groups in total. The molecule has 2 aromatic heterocycles. The first-order chi connectivity index (χ1) is 6.18. The largest absolute Gasteiger partial charge is 0.477 e.